The number of hydrogen-bond donors (Lipinski definition) is 2. The Labute approximate surface area is 138 Å². The number of aryl methyl sites for hydroxylation is 2. The molecule has 0 bridgehead atoms. The number of benzene rings is 2. The van der Waals surface area contributed by atoms with Crippen molar-refractivity contribution in [3.8, 4) is 0 Å². The normalized spacial score (nSPS) is 18.1. The molecule has 0 saturated heterocycles. The lowest BCUT2D eigenvalue weighted by molar-refractivity contribution is -0.929. The lowest BCUT2D eigenvalue weighted by Gasteiger charge is -2.30. The van der Waals surface area contributed by atoms with E-state index >= 15 is 0 Å². The Morgan fingerprint density at radius 1 is 1.13 bits per heavy atom. The molecule has 1 amide bonds. The second kappa shape index (κ2) is 6.55. The van der Waals surface area contributed by atoms with Crippen LogP contribution in [0.25, 0.3) is 0 Å². The molecule has 1 unspecified atom stereocenters. The van der Waals surface area contributed by atoms with E-state index in [4.69, 9.17) is 0 Å². The predicted octanol–water partition coefficient (Wildman–Crippen LogP) is 2.27. The average Bonchev–Trinajstić information content (AvgIpc) is 2.57. The van der Waals surface area contributed by atoms with Crippen molar-refractivity contribution < 1.29 is 9.69 Å². The Kier molecular flexibility index (Phi) is 4.49. The van der Waals surface area contributed by atoms with E-state index in [0.717, 1.165) is 36.3 Å². The first-order valence-electron chi connectivity index (χ1n) is 8.34. The van der Waals surface area contributed by atoms with Crippen molar-refractivity contribution in [2.45, 2.75) is 39.8 Å². The summed E-state index contributed by atoms with van der Waals surface area (Å²) in [4.78, 5) is 14.0. The van der Waals surface area contributed by atoms with Crippen molar-refractivity contribution in [3.63, 3.8) is 0 Å². The van der Waals surface area contributed by atoms with E-state index in [0.29, 0.717) is 0 Å². The minimum atomic E-state index is -0.0525. The van der Waals surface area contributed by atoms with Crippen LogP contribution in [0.1, 0.15) is 29.2 Å². The zero-order chi connectivity index (χ0) is 16.4. The SMILES string of the molecule is Cc1ccc(C)c(NC(=O)[C@H](C)[NH+]2CCc3ccccc3C2)c1. The molecule has 1 aliphatic heterocycles. The number of anilines is 1. The number of carbonyl (C=O) groups is 1. The third-order valence-electron chi connectivity index (χ3n) is 4.91. The second-order valence-electron chi connectivity index (χ2n) is 6.63. The zero-order valence-corrected chi connectivity index (χ0v) is 14.1. The topological polar surface area (TPSA) is 33.5 Å². The van der Waals surface area contributed by atoms with Crippen LogP contribution in [0.4, 0.5) is 5.69 Å². The summed E-state index contributed by atoms with van der Waals surface area (Å²) in [6, 6.07) is 14.7. The number of quaternary nitrogens is 1. The Bertz CT molecular complexity index is 723. The van der Waals surface area contributed by atoms with Gasteiger partial charge < -0.3 is 10.2 Å². The Balaban J connectivity index is 1.70. The van der Waals surface area contributed by atoms with Gasteiger partial charge in [-0.05, 0) is 43.5 Å². The van der Waals surface area contributed by atoms with E-state index in [2.05, 4.69) is 41.7 Å². The molecule has 3 heteroatoms. The zero-order valence-electron chi connectivity index (χ0n) is 14.1. The van der Waals surface area contributed by atoms with Crippen molar-refractivity contribution in [2.24, 2.45) is 0 Å². The lowest BCUT2D eigenvalue weighted by atomic mass is 9.98. The number of rotatable bonds is 3. The van der Waals surface area contributed by atoms with E-state index in [1.807, 2.05) is 26.8 Å². The smallest absolute Gasteiger partial charge is 0.282 e. The molecule has 2 aromatic rings. The molecule has 2 atom stereocenters. The van der Waals surface area contributed by atoms with E-state index in [-0.39, 0.29) is 11.9 Å². The van der Waals surface area contributed by atoms with Gasteiger partial charge in [-0.15, -0.1) is 0 Å². The van der Waals surface area contributed by atoms with Crippen molar-refractivity contribution in [1.29, 1.82) is 0 Å². The highest BCUT2D eigenvalue weighted by molar-refractivity contribution is 5.94. The van der Waals surface area contributed by atoms with Crippen LogP contribution in [0.5, 0.6) is 0 Å². The quantitative estimate of drug-likeness (QED) is 0.896. The fraction of sp³-hybridized carbons (Fsp3) is 0.350. The molecule has 0 saturated carbocycles. The maximum atomic E-state index is 12.7. The van der Waals surface area contributed by atoms with Crippen molar-refractivity contribution in [3.05, 3.63) is 64.7 Å². The summed E-state index contributed by atoms with van der Waals surface area (Å²) in [5, 5.41) is 3.11. The number of hydrogen-bond acceptors (Lipinski definition) is 1. The minimum Gasteiger partial charge on any atom is -0.321 e. The molecule has 0 aromatic heterocycles. The average molecular weight is 309 g/mol. The lowest BCUT2D eigenvalue weighted by Crippen LogP contribution is -3.16. The van der Waals surface area contributed by atoms with Gasteiger partial charge in [0.15, 0.2) is 6.04 Å². The van der Waals surface area contributed by atoms with Crippen LogP contribution in [0, 0.1) is 13.8 Å². The summed E-state index contributed by atoms with van der Waals surface area (Å²) in [5.41, 5.74) is 6.00. The van der Waals surface area contributed by atoms with Crippen molar-refractivity contribution in [2.75, 3.05) is 11.9 Å². The standard InChI is InChI=1S/C20H24N2O/c1-14-8-9-15(2)19(12-14)21-20(23)16(3)22-11-10-17-6-4-5-7-18(17)13-22/h4-9,12,16H,10-11,13H2,1-3H3,(H,21,23)/p+1/t16-/m0/s1. The molecule has 0 fully saturated rings. The molecule has 3 rings (SSSR count). The fourth-order valence-corrected chi connectivity index (χ4v) is 3.27. The summed E-state index contributed by atoms with van der Waals surface area (Å²) < 4.78 is 0. The highest BCUT2D eigenvalue weighted by Crippen LogP contribution is 2.16. The van der Waals surface area contributed by atoms with Gasteiger partial charge >= 0.3 is 0 Å². The molecule has 23 heavy (non-hydrogen) atoms. The molecule has 1 heterocycles. The molecule has 2 N–H and O–H groups in total. The van der Waals surface area contributed by atoms with Gasteiger partial charge in [-0.1, -0.05) is 36.4 Å². The molecule has 0 spiro atoms. The Hall–Kier alpha value is -2.13. The molecule has 0 aliphatic carbocycles. The van der Waals surface area contributed by atoms with Gasteiger partial charge in [0.25, 0.3) is 5.91 Å². The molecule has 3 nitrogen and oxygen atoms in total. The number of amides is 1. The Morgan fingerprint density at radius 3 is 2.65 bits per heavy atom. The van der Waals surface area contributed by atoms with Gasteiger partial charge in [0.05, 0.1) is 6.54 Å². The van der Waals surface area contributed by atoms with Crippen LogP contribution in [-0.4, -0.2) is 18.5 Å². The van der Waals surface area contributed by atoms with Crippen LogP contribution in [0.15, 0.2) is 42.5 Å². The van der Waals surface area contributed by atoms with Gasteiger partial charge in [-0.3, -0.25) is 4.79 Å². The van der Waals surface area contributed by atoms with E-state index in [1.165, 1.54) is 16.0 Å². The van der Waals surface area contributed by atoms with Gasteiger partial charge in [-0.25, -0.2) is 0 Å². The second-order valence-corrected chi connectivity index (χ2v) is 6.63. The number of fused-ring (bicyclic) bond motifs is 1. The monoisotopic (exact) mass is 309 g/mol. The molecular formula is C20H25N2O+. The highest BCUT2D eigenvalue weighted by Gasteiger charge is 2.29. The van der Waals surface area contributed by atoms with Gasteiger partial charge in [0.1, 0.15) is 6.54 Å². The van der Waals surface area contributed by atoms with Crippen LogP contribution >= 0.6 is 0 Å². The third-order valence-corrected chi connectivity index (χ3v) is 4.91. The van der Waals surface area contributed by atoms with Crippen molar-refractivity contribution in [1.82, 2.24) is 0 Å². The predicted molar refractivity (Wildman–Crippen MR) is 93.7 cm³/mol. The minimum absolute atomic E-state index is 0.0525. The summed E-state index contributed by atoms with van der Waals surface area (Å²) >= 11 is 0. The maximum Gasteiger partial charge on any atom is 0.282 e. The number of nitrogens with one attached hydrogen (secondary N) is 2. The molecule has 120 valence electrons. The van der Waals surface area contributed by atoms with Gasteiger partial charge in [0.2, 0.25) is 0 Å². The summed E-state index contributed by atoms with van der Waals surface area (Å²) in [6.07, 6.45) is 1.05. The van der Waals surface area contributed by atoms with Crippen molar-refractivity contribution >= 4 is 11.6 Å². The van der Waals surface area contributed by atoms with E-state index in [1.54, 1.807) is 0 Å². The largest absolute Gasteiger partial charge is 0.321 e. The third kappa shape index (κ3) is 3.45. The highest BCUT2D eigenvalue weighted by atomic mass is 16.2. The molecule has 1 aliphatic rings. The van der Waals surface area contributed by atoms with Gasteiger partial charge in [0, 0.05) is 17.7 Å². The molecule has 2 aromatic carbocycles. The van der Waals surface area contributed by atoms with E-state index < -0.39 is 0 Å². The first-order valence-corrected chi connectivity index (χ1v) is 8.34. The first kappa shape index (κ1) is 15.8. The number of carbonyl (C=O) groups excluding carboxylic acids is 1. The fourth-order valence-electron chi connectivity index (χ4n) is 3.27. The summed E-state index contributed by atoms with van der Waals surface area (Å²) in [6.45, 7) is 8.05. The van der Waals surface area contributed by atoms with Gasteiger partial charge in [-0.2, -0.15) is 0 Å². The first-order chi connectivity index (χ1) is 11.0. The van der Waals surface area contributed by atoms with Crippen LogP contribution in [0.3, 0.4) is 0 Å². The van der Waals surface area contributed by atoms with Crippen LogP contribution < -0.4 is 10.2 Å². The summed E-state index contributed by atoms with van der Waals surface area (Å²) in [7, 11) is 0. The van der Waals surface area contributed by atoms with E-state index in [9.17, 15) is 4.79 Å². The maximum absolute atomic E-state index is 12.7. The molecule has 0 radical (unpaired) electrons. The molecular weight excluding hydrogens is 284 g/mol. The van der Waals surface area contributed by atoms with Crippen LogP contribution in [0.2, 0.25) is 0 Å². The van der Waals surface area contributed by atoms with Crippen LogP contribution in [-0.2, 0) is 17.8 Å². The Morgan fingerprint density at radius 2 is 1.87 bits per heavy atom. The summed E-state index contributed by atoms with van der Waals surface area (Å²) in [5.74, 6) is 0.105.